The Kier molecular flexibility index (Phi) is 4.98. The minimum Gasteiger partial charge on any atom is -0.352 e. The summed E-state index contributed by atoms with van der Waals surface area (Å²) in [6.45, 7) is 8.82. The molecular weight excluding hydrogens is 310 g/mol. The number of nitrogens with one attached hydrogen (secondary N) is 1. The molecule has 4 heteroatoms. The first-order valence-corrected chi connectivity index (χ1v) is 8.48. The van der Waals surface area contributed by atoms with E-state index in [9.17, 15) is 4.79 Å². The van der Waals surface area contributed by atoms with Crippen molar-refractivity contribution < 1.29 is 4.79 Å². The summed E-state index contributed by atoms with van der Waals surface area (Å²) >= 11 is 0. The molecule has 3 aromatic rings. The molecule has 0 bridgehead atoms. The van der Waals surface area contributed by atoms with Crippen LogP contribution in [-0.4, -0.2) is 22.0 Å². The molecule has 0 aliphatic rings. The molecular formula is C21H23N3O. The van der Waals surface area contributed by atoms with Crippen molar-refractivity contribution in [1.29, 1.82) is 0 Å². The van der Waals surface area contributed by atoms with Crippen LogP contribution >= 0.6 is 0 Å². The van der Waals surface area contributed by atoms with Crippen LogP contribution in [0.4, 0.5) is 0 Å². The first-order chi connectivity index (χ1) is 12.1. The van der Waals surface area contributed by atoms with Crippen LogP contribution in [0.5, 0.6) is 0 Å². The molecule has 0 fully saturated rings. The smallest absolute Gasteiger partial charge is 0.246 e. The third kappa shape index (κ3) is 3.79. The SMILES string of the molecule is C=C(C)C(=O)NCCc1nc2ccccc2n1Cc1ccccc1C. The molecule has 1 heterocycles. The van der Waals surface area contributed by atoms with Crippen molar-refractivity contribution in [3.05, 3.63) is 77.6 Å². The van der Waals surface area contributed by atoms with Gasteiger partial charge in [0.1, 0.15) is 5.82 Å². The first kappa shape index (κ1) is 17.0. The summed E-state index contributed by atoms with van der Waals surface area (Å²) in [4.78, 5) is 16.5. The highest BCUT2D eigenvalue weighted by Gasteiger charge is 2.12. The number of amides is 1. The number of aromatic nitrogens is 2. The summed E-state index contributed by atoms with van der Waals surface area (Å²) in [6.07, 6.45) is 0.680. The molecule has 0 radical (unpaired) electrons. The standard InChI is InChI=1S/C21H23N3O/c1-15(2)21(25)22-13-12-20-23-18-10-6-7-11-19(18)24(20)14-17-9-5-4-8-16(17)3/h4-11H,1,12-14H2,2-3H3,(H,22,25). The second-order valence-corrected chi connectivity index (χ2v) is 6.32. The van der Waals surface area contributed by atoms with E-state index in [2.05, 4.69) is 53.7 Å². The third-order valence-electron chi connectivity index (χ3n) is 4.35. The number of nitrogens with zero attached hydrogens (tertiary/aromatic N) is 2. The third-order valence-corrected chi connectivity index (χ3v) is 4.35. The van der Waals surface area contributed by atoms with E-state index in [1.54, 1.807) is 6.92 Å². The summed E-state index contributed by atoms with van der Waals surface area (Å²) in [7, 11) is 0. The Hall–Kier alpha value is -2.88. The minimum atomic E-state index is -0.110. The molecule has 0 saturated carbocycles. The quantitative estimate of drug-likeness (QED) is 0.700. The molecule has 1 N–H and O–H groups in total. The average Bonchev–Trinajstić information content (AvgIpc) is 2.94. The molecule has 2 aromatic carbocycles. The van der Waals surface area contributed by atoms with Gasteiger partial charge in [-0.1, -0.05) is 43.0 Å². The van der Waals surface area contributed by atoms with Gasteiger partial charge in [0.25, 0.3) is 0 Å². The monoisotopic (exact) mass is 333 g/mol. The van der Waals surface area contributed by atoms with Gasteiger partial charge >= 0.3 is 0 Å². The van der Waals surface area contributed by atoms with Gasteiger partial charge in [-0.2, -0.15) is 0 Å². The zero-order chi connectivity index (χ0) is 17.8. The minimum absolute atomic E-state index is 0.110. The van der Waals surface area contributed by atoms with Gasteiger partial charge in [-0.3, -0.25) is 4.79 Å². The van der Waals surface area contributed by atoms with Crippen LogP contribution in [0.25, 0.3) is 11.0 Å². The lowest BCUT2D eigenvalue weighted by atomic mass is 10.1. The van der Waals surface area contributed by atoms with Crippen LogP contribution in [0.15, 0.2) is 60.7 Å². The Morgan fingerprint density at radius 3 is 2.64 bits per heavy atom. The van der Waals surface area contributed by atoms with Crippen LogP contribution in [0.3, 0.4) is 0 Å². The second kappa shape index (κ2) is 7.34. The lowest BCUT2D eigenvalue weighted by Crippen LogP contribution is -2.26. The number of hydrogen-bond donors (Lipinski definition) is 1. The van der Waals surface area contributed by atoms with Crippen LogP contribution < -0.4 is 5.32 Å². The fourth-order valence-corrected chi connectivity index (χ4v) is 2.89. The number of carbonyl (C=O) groups excluding carboxylic acids is 1. The predicted octanol–water partition coefficient (Wildman–Crippen LogP) is 3.63. The lowest BCUT2D eigenvalue weighted by molar-refractivity contribution is -0.117. The molecule has 1 amide bonds. The van der Waals surface area contributed by atoms with Gasteiger partial charge in [0.15, 0.2) is 0 Å². The van der Waals surface area contributed by atoms with E-state index < -0.39 is 0 Å². The molecule has 25 heavy (non-hydrogen) atoms. The van der Waals surface area contributed by atoms with E-state index >= 15 is 0 Å². The highest BCUT2D eigenvalue weighted by Crippen LogP contribution is 2.19. The molecule has 0 unspecified atom stereocenters. The number of benzene rings is 2. The molecule has 4 nitrogen and oxygen atoms in total. The second-order valence-electron chi connectivity index (χ2n) is 6.32. The molecule has 1 aromatic heterocycles. The Morgan fingerprint density at radius 2 is 1.88 bits per heavy atom. The van der Waals surface area contributed by atoms with Crippen LogP contribution in [0.2, 0.25) is 0 Å². The van der Waals surface area contributed by atoms with Crippen LogP contribution in [0.1, 0.15) is 23.9 Å². The first-order valence-electron chi connectivity index (χ1n) is 8.48. The lowest BCUT2D eigenvalue weighted by Gasteiger charge is -2.12. The van der Waals surface area contributed by atoms with Crippen molar-refractivity contribution in [2.75, 3.05) is 6.54 Å². The number of aryl methyl sites for hydroxylation is 1. The van der Waals surface area contributed by atoms with Crippen molar-refractivity contribution >= 4 is 16.9 Å². The fraction of sp³-hybridized carbons (Fsp3) is 0.238. The van der Waals surface area contributed by atoms with Crippen molar-refractivity contribution in [2.24, 2.45) is 0 Å². The molecule has 3 rings (SSSR count). The number of carbonyl (C=O) groups is 1. The van der Waals surface area contributed by atoms with E-state index in [0.717, 1.165) is 23.4 Å². The maximum Gasteiger partial charge on any atom is 0.246 e. The summed E-state index contributed by atoms with van der Waals surface area (Å²) in [5.41, 5.74) is 5.16. The fourth-order valence-electron chi connectivity index (χ4n) is 2.89. The maximum atomic E-state index is 11.7. The zero-order valence-electron chi connectivity index (χ0n) is 14.7. The van der Waals surface area contributed by atoms with Gasteiger partial charge in [0, 0.05) is 25.1 Å². The topological polar surface area (TPSA) is 46.9 Å². The van der Waals surface area contributed by atoms with Gasteiger partial charge in [-0.15, -0.1) is 0 Å². The number of imidazole rings is 1. The zero-order valence-corrected chi connectivity index (χ0v) is 14.7. The Morgan fingerprint density at radius 1 is 1.16 bits per heavy atom. The molecule has 0 atom stereocenters. The predicted molar refractivity (Wildman–Crippen MR) is 102 cm³/mol. The van der Waals surface area contributed by atoms with Gasteiger partial charge in [0.05, 0.1) is 11.0 Å². The summed E-state index contributed by atoms with van der Waals surface area (Å²) in [6, 6.07) is 16.5. The molecule has 0 spiro atoms. The Balaban J connectivity index is 1.88. The van der Waals surface area contributed by atoms with E-state index in [-0.39, 0.29) is 5.91 Å². The van der Waals surface area contributed by atoms with E-state index in [1.807, 2.05) is 18.2 Å². The largest absolute Gasteiger partial charge is 0.352 e. The number of para-hydroxylation sites is 2. The molecule has 128 valence electrons. The Labute approximate surface area is 148 Å². The van der Waals surface area contributed by atoms with Crippen molar-refractivity contribution in [1.82, 2.24) is 14.9 Å². The van der Waals surface area contributed by atoms with Gasteiger partial charge < -0.3 is 9.88 Å². The number of rotatable bonds is 6. The highest BCUT2D eigenvalue weighted by molar-refractivity contribution is 5.92. The number of hydrogen-bond acceptors (Lipinski definition) is 2. The van der Waals surface area contributed by atoms with Crippen molar-refractivity contribution in [3.63, 3.8) is 0 Å². The summed E-state index contributed by atoms with van der Waals surface area (Å²) in [5.74, 6) is 0.869. The van der Waals surface area contributed by atoms with Gasteiger partial charge in [0.2, 0.25) is 5.91 Å². The van der Waals surface area contributed by atoms with E-state index in [0.29, 0.717) is 18.5 Å². The number of fused-ring (bicyclic) bond motifs is 1. The van der Waals surface area contributed by atoms with Crippen LogP contribution in [-0.2, 0) is 17.8 Å². The highest BCUT2D eigenvalue weighted by atomic mass is 16.1. The molecule has 0 aliphatic heterocycles. The van der Waals surface area contributed by atoms with E-state index in [4.69, 9.17) is 4.98 Å². The van der Waals surface area contributed by atoms with Gasteiger partial charge in [-0.05, 0) is 37.1 Å². The van der Waals surface area contributed by atoms with Crippen molar-refractivity contribution in [3.8, 4) is 0 Å². The average molecular weight is 333 g/mol. The summed E-state index contributed by atoms with van der Waals surface area (Å²) in [5, 5.41) is 2.89. The Bertz CT molecular complexity index is 924. The molecule has 0 saturated heterocycles. The van der Waals surface area contributed by atoms with E-state index in [1.165, 1.54) is 11.1 Å². The van der Waals surface area contributed by atoms with Crippen LogP contribution in [0, 0.1) is 6.92 Å². The normalized spacial score (nSPS) is 10.8. The molecule has 0 aliphatic carbocycles. The summed E-state index contributed by atoms with van der Waals surface area (Å²) < 4.78 is 2.24. The maximum absolute atomic E-state index is 11.7. The van der Waals surface area contributed by atoms with Gasteiger partial charge in [-0.25, -0.2) is 4.98 Å². The van der Waals surface area contributed by atoms with Crippen molar-refractivity contribution in [2.45, 2.75) is 26.8 Å².